The Balaban J connectivity index is 1.61. The van der Waals surface area contributed by atoms with Gasteiger partial charge in [0.05, 0.1) is 11.4 Å². The maximum absolute atomic E-state index is 12.7. The van der Waals surface area contributed by atoms with Gasteiger partial charge in [-0.2, -0.15) is 0 Å². The van der Waals surface area contributed by atoms with Crippen LogP contribution < -0.4 is 0 Å². The first kappa shape index (κ1) is 17.2. The van der Waals surface area contributed by atoms with E-state index in [0.29, 0.717) is 21.3 Å². The van der Waals surface area contributed by atoms with Crippen LogP contribution in [-0.2, 0) is 11.3 Å². The number of carbonyl (C=O) groups is 2. The fraction of sp³-hybridized carbons (Fsp3) is 0.105. The van der Waals surface area contributed by atoms with Gasteiger partial charge in [0.15, 0.2) is 5.78 Å². The number of hydrogen-bond donors (Lipinski definition) is 1. The van der Waals surface area contributed by atoms with Gasteiger partial charge in [-0.3, -0.25) is 14.5 Å². The van der Waals surface area contributed by atoms with Crippen molar-refractivity contribution in [3.8, 4) is 0 Å². The van der Waals surface area contributed by atoms with Crippen LogP contribution in [0.4, 0.5) is 0 Å². The normalized spacial score (nSPS) is 16.2. The molecule has 0 atom stereocenters. The first-order valence-electron chi connectivity index (χ1n) is 7.93. The van der Waals surface area contributed by atoms with Crippen LogP contribution in [0.15, 0.2) is 52.9 Å². The number of allylic oxidation sites excluding steroid dienone is 1. The average Bonchev–Trinajstić information content (AvgIpc) is 3.32. The highest BCUT2D eigenvalue weighted by Crippen LogP contribution is 2.33. The largest absolute Gasteiger partial charge is 0.360 e. The standard InChI is InChI=1S/C19H14N2O2S3/c1-11-4-5-15-13(7-11)14(9-20-15)16(22)8-17-18(23)21(19(24)26-17)10-12-3-2-6-25-12/h2-9,20H,10H2,1H3/b17-8-. The molecule has 3 heterocycles. The van der Waals surface area contributed by atoms with Crippen LogP contribution in [0.5, 0.6) is 0 Å². The monoisotopic (exact) mass is 398 g/mol. The van der Waals surface area contributed by atoms with Gasteiger partial charge in [0.2, 0.25) is 0 Å². The molecule has 26 heavy (non-hydrogen) atoms. The van der Waals surface area contributed by atoms with E-state index in [1.807, 2.05) is 42.6 Å². The zero-order valence-corrected chi connectivity index (χ0v) is 16.3. The van der Waals surface area contributed by atoms with Crippen LogP contribution in [-0.4, -0.2) is 25.9 Å². The molecular formula is C19H14N2O2S3. The Morgan fingerprint density at radius 1 is 1.35 bits per heavy atom. The molecule has 0 saturated carbocycles. The summed E-state index contributed by atoms with van der Waals surface area (Å²) in [6.45, 7) is 2.43. The van der Waals surface area contributed by atoms with Gasteiger partial charge in [-0.15, -0.1) is 11.3 Å². The predicted octanol–water partition coefficient (Wildman–Crippen LogP) is 4.66. The molecule has 1 N–H and O–H groups in total. The number of thiophene rings is 1. The van der Waals surface area contributed by atoms with Crippen molar-refractivity contribution in [1.29, 1.82) is 0 Å². The number of nitrogens with one attached hydrogen (secondary N) is 1. The number of ketones is 1. The maximum atomic E-state index is 12.7. The summed E-state index contributed by atoms with van der Waals surface area (Å²) in [5.74, 6) is -0.406. The van der Waals surface area contributed by atoms with Crippen molar-refractivity contribution in [1.82, 2.24) is 9.88 Å². The number of thiocarbonyl (C=S) groups is 1. The summed E-state index contributed by atoms with van der Waals surface area (Å²) in [7, 11) is 0. The summed E-state index contributed by atoms with van der Waals surface area (Å²) in [4.78, 5) is 31.5. The minimum Gasteiger partial charge on any atom is -0.360 e. The van der Waals surface area contributed by atoms with Crippen LogP contribution >= 0.6 is 35.3 Å². The summed E-state index contributed by atoms with van der Waals surface area (Å²) >= 11 is 8.09. The molecule has 2 aromatic heterocycles. The van der Waals surface area contributed by atoms with E-state index in [2.05, 4.69) is 4.98 Å². The van der Waals surface area contributed by atoms with Crippen molar-refractivity contribution in [3.63, 3.8) is 0 Å². The van der Waals surface area contributed by atoms with Crippen molar-refractivity contribution in [2.24, 2.45) is 0 Å². The molecule has 0 unspecified atom stereocenters. The zero-order valence-electron chi connectivity index (χ0n) is 13.8. The van der Waals surface area contributed by atoms with Crippen LogP contribution in [0.25, 0.3) is 10.9 Å². The summed E-state index contributed by atoms with van der Waals surface area (Å²) in [6.07, 6.45) is 3.09. The molecule has 1 saturated heterocycles. The lowest BCUT2D eigenvalue weighted by Gasteiger charge is -2.12. The second-order valence-corrected chi connectivity index (χ2v) is 8.67. The molecule has 130 valence electrons. The number of carbonyl (C=O) groups excluding carboxylic acids is 2. The van der Waals surface area contributed by atoms with Gasteiger partial charge in [-0.05, 0) is 30.5 Å². The second-order valence-electron chi connectivity index (χ2n) is 5.96. The first-order valence-corrected chi connectivity index (χ1v) is 10.0. The summed E-state index contributed by atoms with van der Waals surface area (Å²) in [5, 5.41) is 2.83. The molecule has 1 amide bonds. The van der Waals surface area contributed by atoms with Crippen molar-refractivity contribution in [2.45, 2.75) is 13.5 Å². The molecule has 7 heteroatoms. The number of amides is 1. The van der Waals surface area contributed by atoms with Gasteiger partial charge in [0.1, 0.15) is 4.32 Å². The van der Waals surface area contributed by atoms with Gasteiger partial charge in [-0.25, -0.2) is 0 Å². The number of aromatic amines is 1. The Hall–Kier alpha value is -2.22. The van der Waals surface area contributed by atoms with Gasteiger partial charge in [0.25, 0.3) is 5.91 Å². The number of thioether (sulfide) groups is 1. The van der Waals surface area contributed by atoms with Crippen molar-refractivity contribution >= 4 is 62.2 Å². The van der Waals surface area contributed by atoms with Gasteiger partial charge in [0, 0.05) is 33.6 Å². The molecule has 0 spiro atoms. The lowest BCUT2D eigenvalue weighted by Crippen LogP contribution is -2.27. The van der Waals surface area contributed by atoms with Crippen LogP contribution in [0.2, 0.25) is 0 Å². The fourth-order valence-corrected chi connectivity index (χ4v) is 4.75. The molecule has 1 fully saturated rings. The summed E-state index contributed by atoms with van der Waals surface area (Å²) in [5.41, 5.74) is 2.54. The van der Waals surface area contributed by atoms with Crippen LogP contribution in [0.1, 0.15) is 20.8 Å². The lowest BCUT2D eigenvalue weighted by molar-refractivity contribution is -0.122. The Kier molecular flexibility index (Phi) is 4.52. The van der Waals surface area contributed by atoms with E-state index in [9.17, 15) is 9.59 Å². The van der Waals surface area contributed by atoms with Crippen molar-refractivity contribution in [3.05, 3.63) is 68.9 Å². The molecule has 1 aliphatic rings. The Bertz CT molecular complexity index is 1060. The number of benzene rings is 1. The highest BCUT2D eigenvalue weighted by atomic mass is 32.2. The van der Waals surface area contributed by atoms with Crippen LogP contribution in [0.3, 0.4) is 0 Å². The van der Waals surface area contributed by atoms with Crippen molar-refractivity contribution < 1.29 is 9.59 Å². The summed E-state index contributed by atoms with van der Waals surface area (Å²) in [6, 6.07) is 9.81. The zero-order chi connectivity index (χ0) is 18.3. The second kappa shape index (κ2) is 6.83. The molecule has 0 bridgehead atoms. The molecule has 3 aromatic rings. The minimum atomic E-state index is -0.210. The highest BCUT2D eigenvalue weighted by Gasteiger charge is 2.33. The number of hydrogen-bond acceptors (Lipinski definition) is 5. The third-order valence-corrected chi connectivity index (χ3v) is 6.37. The number of rotatable bonds is 4. The quantitative estimate of drug-likeness (QED) is 0.394. The van der Waals surface area contributed by atoms with E-state index < -0.39 is 0 Å². The van der Waals surface area contributed by atoms with E-state index in [1.165, 1.54) is 17.8 Å². The molecule has 4 nitrogen and oxygen atoms in total. The third-order valence-electron chi connectivity index (χ3n) is 4.13. The number of nitrogens with zero attached hydrogens (tertiary/aromatic N) is 1. The minimum absolute atomic E-state index is 0.196. The molecular weight excluding hydrogens is 384 g/mol. The lowest BCUT2D eigenvalue weighted by atomic mass is 10.1. The highest BCUT2D eigenvalue weighted by molar-refractivity contribution is 8.26. The molecule has 1 aromatic carbocycles. The van der Waals surface area contributed by atoms with Crippen molar-refractivity contribution in [2.75, 3.05) is 0 Å². The van der Waals surface area contributed by atoms with Gasteiger partial charge < -0.3 is 4.98 Å². The fourth-order valence-electron chi connectivity index (χ4n) is 2.83. The van der Waals surface area contributed by atoms with Gasteiger partial charge in [-0.1, -0.05) is 41.7 Å². The Labute approximate surface area is 163 Å². The Morgan fingerprint density at radius 3 is 2.96 bits per heavy atom. The SMILES string of the molecule is Cc1ccc2[nH]cc(C(=O)/C=C3\SC(=S)N(Cc4cccs4)C3=O)c2c1. The molecule has 4 rings (SSSR count). The van der Waals surface area contributed by atoms with Gasteiger partial charge >= 0.3 is 0 Å². The first-order chi connectivity index (χ1) is 12.5. The topological polar surface area (TPSA) is 53.2 Å². The molecule has 1 aliphatic heterocycles. The van der Waals surface area contributed by atoms with Crippen LogP contribution in [0, 0.1) is 6.92 Å². The van der Waals surface area contributed by atoms with E-state index in [0.717, 1.165) is 21.3 Å². The number of aromatic nitrogens is 1. The number of H-pyrrole nitrogens is 1. The number of fused-ring (bicyclic) bond motifs is 1. The van der Waals surface area contributed by atoms with E-state index in [-0.39, 0.29) is 11.7 Å². The number of aryl methyl sites for hydroxylation is 1. The van der Waals surface area contributed by atoms with E-state index in [4.69, 9.17) is 12.2 Å². The Morgan fingerprint density at radius 2 is 2.19 bits per heavy atom. The molecule has 0 radical (unpaired) electrons. The predicted molar refractivity (Wildman–Crippen MR) is 111 cm³/mol. The third kappa shape index (κ3) is 3.13. The van der Waals surface area contributed by atoms with E-state index in [1.54, 1.807) is 22.4 Å². The smallest absolute Gasteiger partial charge is 0.266 e. The molecule has 0 aliphatic carbocycles. The summed E-state index contributed by atoms with van der Waals surface area (Å²) < 4.78 is 0.484. The van der Waals surface area contributed by atoms with E-state index >= 15 is 0 Å². The average molecular weight is 399 g/mol. The maximum Gasteiger partial charge on any atom is 0.266 e.